The highest BCUT2D eigenvalue weighted by Crippen LogP contribution is 2.20. The van der Waals surface area contributed by atoms with Gasteiger partial charge in [-0.2, -0.15) is 0 Å². The molecule has 3 rings (SSSR count). The van der Waals surface area contributed by atoms with Gasteiger partial charge in [0.25, 0.3) is 0 Å². The molecule has 34 heavy (non-hydrogen) atoms. The zero-order chi connectivity index (χ0) is 24.4. The maximum atomic E-state index is 12.5. The molecule has 7 heteroatoms. The number of carbonyl (C=O) groups excluding carboxylic acids is 1. The lowest BCUT2D eigenvalue weighted by atomic mass is 10.0. The summed E-state index contributed by atoms with van der Waals surface area (Å²) < 4.78 is 23.0. The van der Waals surface area contributed by atoms with Crippen LogP contribution >= 0.6 is 0 Å². The number of hydrogen-bond donors (Lipinski definition) is 2. The minimum absolute atomic E-state index is 0.251. The second-order valence-corrected chi connectivity index (χ2v) is 9.53. The SMILES string of the molecule is CC(C)(C)OC(=O)N[C@@H](Cc1ccc(OCc2ccccc2)cc1)[C@@H](CO)OC1CCCCO1. The zero-order valence-corrected chi connectivity index (χ0v) is 20.4. The summed E-state index contributed by atoms with van der Waals surface area (Å²) in [5.41, 5.74) is 1.44. The van der Waals surface area contributed by atoms with Gasteiger partial charge >= 0.3 is 6.09 Å². The van der Waals surface area contributed by atoms with E-state index < -0.39 is 23.8 Å². The predicted octanol–water partition coefficient (Wildman–Crippen LogP) is 4.61. The average molecular weight is 472 g/mol. The maximum Gasteiger partial charge on any atom is 0.407 e. The fraction of sp³-hybridized carbons (Fsp3) is 0.519. The molecule has 2 aromatic rings. The molecule has 1 aliphatic rings. The van der Waals surface area contributed by atoms with Crippen molar-refractivity contribution in [3.63, 3.8) is 0 Å². The molecule has 7 nitrogen and oxygen atoms in total. The molecule has 1 amide bonds. The second-order valence-electron chi connectivity index (χ2n) is 9.53. The van der Waals surface area contributed by atoms with Gasteiger partial charge in [-0.05, 0) is 69.7 Å². The molecule has 1 unspecified atom stereocenters. The summed E-state index contributed by atoms with van der Waals surface area (Å²) in [6.45, 7) is 6.31. The summed E-state index contributed by atoms with van der Waals surface area (Å²) in [5, 5.41) is 13.0. The number of amides is 1. The van der Waals surface area contributed by atoms with Crippen LogP contribution in [0.3, 0.4) is 0 Å². The van der Waals surface area contributed by atoms with E-state index in [1.54, 1.807) is 0 Å². The molecule has 0 spiro atoms. The molecule has 2 N–H and O–H groups in total. The Hall–Kier alpha value is -2.61. The van der Waals surface area contributed by atoms with E-state index in [2.05, 4.69) is 5.32 Å². The molecule has 0 saturated carbocycles. The van der Waals surface area contributed by atoms with E-state index in [1.165, 1.54) is 0 Å². The van der Waals surface area contributed by atoms with Crippen LogP contribution in [0, 0.1) is 0 Å². The van der Waals surface area contributed by atoms with E-state index in [0.717, 1.165) is 36.1 Å². The Kier molecular flexibility index (Phi) is 9.74. The largest absolute Gasteiger partial charge is 0.489 e. The maximum absolute atomic E-state index is 12.5. The van der Waals surface area contributed by atoms with Crippen LogP contribution in [0.25, 0.3) is 0 Å². The molecule has 3 atom stereocenters. The summed E-state index contributed by atoms with van der Waals surface area (Å²) >= 11 is 0. The van der Waals surface area contributed by atoms with E-state index in [9.17, 15) is 9.90 Å². The number of nitrogens with one attached hydrogen (secondary N) is 1. The lowest BCUT2D eigenvalue weighted by Crippen LogP contribution is -2.50. The van der Waals surface area contributed by atoms with Crippen molar-refractivity contribution in [2.24, 2.45) is 0 Å². The Balaban J connectivity index is 1.65. The normalized spacial score (nSPS) is 18.1. The Morgan fingerprint density at radius 1 is 1.09 bits per heavy atom. The summed E-state index contributed by atoms with van der Waals surface area (Å²) in [5.74, 6) is 0.759. The number of aliphatic hydroxyl groups excluding tert-OH is 1. The molecule has 1 aliphatic heterocycles. The highest BCUT2D eigenvalue weighted by atomic mass is 16.7. The standard InChI is InChI=1S/C27H37NO6/c1-27(2,3)34-26(30)28-23(24(18-29)33-25-11-7-8-16-31-25)17-20-12-14-22(15-13-20)32-19-21-9-5-4-6-10-21/h4-6,9-10,12-15,23-25,29H,7-8,11,16-19H2,1-3H3,(H,28,30)/t23-,24+,25?/m0/s1. The van der Waals surface area contributed by atoms with Crippen molar-refractivity contribution >= 4 is 6.09 Å². The molecule has 186 valence electrons. The molecule has 0 radical (unpaired) electrons. The number of alkyl carbamates (subject to hydrolysis) is 1. The first-order valence-corrected chi connectivity index (χ1v) is 12.0. The summed E-state index contributed by atoms with van der Waals surface area (Å²) in [7, 11) is 0. The monoisotopic (exact) mass is 471 g/mol. The van der Waals surface area contributed by atoms with Crippen molar-refractivity contribution < 1.29 is 28.8 Å². The highest BCUT2D eigenvalue weighted by Gasteiger charge is 2.29. The number of aliphatic hydroxyl groups is 1. The number of hydrogen-bond acceptors (Lipinski definition) is 6. The number of ether oxygens (including phenoxy) is 4. The molecule has 1 heterocycles. The van der Waals surface area contributed by atoms with Crippen LogP contribution in [-0.4, -0.2) is 48.5 Å². The van der Waals surface area contributed by atoms with Crippen molar-refractivity contribution in [2.45, 2.75) is 77.1 Å². The summed E-state index contributed by atoms with van der Waals surface area (Å²) in [6, 6.07) is 17.2. The first kappa shape index (κ1) is 26.0. The van der Waals surface area contributed by atoms with Crippen LogP contribution in [0.1, 0.15) is 51.2 Å². The molecule has 1 saturated heterocycles. The average Bonchev–Trinajstić information content (AvgIpc) is 2.82. The Labute approximate surface area is 202 Å². The van der Waals surface area contributed by atoms with Crippen LogP contribution in [-0.2, 0) is 27.2 Å². The first-order chi connectivity index (χ1) is 16.3. The first-order valence-electron chi connectivity index (χ1n) is 12.0. The Morgan fingerprint density at radius 2 is 1.82 bits per heavy atom. The highest BCUT2D eigenvalue weighted by molar-refractivity contribution is 5.68. The number of benzene rings is 2. The van der Waals surface area contributed by atoms with Gasteiger partial charge in [0, 0.05) is 6.61 Å². The van der Waals surface area contributed by atoms with Gasteiger partial charge in [0.15, 0.2) is 6.29 Å². The lowest BCUT2D eigenvalue weighted by Gasteiger charge is -2.32. The fourth-order valence-corrected chi connectivity index (χ4v) is 3.73. The second kappa shape index (κ2) is 12.7. The molecule has 0 bridgehead atoms. The number of rotatable bonds is 10. The van der Waals surface area contributed by atoms with Gasteiger partial charge in [-0.25, -0.2) is 4.79 Å². The van der Waals surface area contributed by atoms with E-state index >= 15 is 0 Å². The zero-order valence-electron chi connectivity index (χ0n) is 20.4. The van der Waals surface area contributed by atoms with Crippen LogP contribution in [0.4, 0.5) is 4.79 Å². The predicted molar refractivity (Wildman–Crippen MR) is 130 cm³/mol. The Morgan fingerprint density at radius 3 is 2.44 bits per heavy atom. The van der Waals surface area contributed by atoms with Gasteiger partial charge in [-0.1, -0.05) is 42.5 Å². The molecule has 0 aromatic heterocycles. The van der Waals surface area contributed by atoms with Crippen LogP contribution in [0.15, 0.2) is 54.6 Å². The molecular weight excluding hydrogens is 434 g/mol. The molecule has 2 aromatic carbocycles. The van der Waals surface area contributed by atoms with Gasteiger partial charge in [0.1, 0.15) is 24.1 Å². The van der Waals surface area contributed by atoms with Gasteiger partial charge in [0.2, 0.25) is 0 Å². The lowest BCUT2D eigenvalue weighted by molar-refractivity contribution is -0.200. The van der Waals surface area contributed by atoms with Crippen LogP contribution < -0.4 is 10.1 Å². The summed E-state index contributed by atoms with van der Waals surface area (Å²) in [6.07, 6.45) is 1.66. The van der Waals surface area contributed by atoms with Gasteiger partial charge in [0.05, 0.1) is 12.6 Å². The molecule has 0 aliphatic carbocycles. The number of carbonyl (C=O) groups is 1. The van der Waals surface area contributed by atoms with Crippen LogP contribution in [0.2, 0.25) is 0 Å². The van der Waals surface area contributed by atoms with E-state index in [0.29, 0.717) is 19.6 Å². The third-order valence-electron chi connectivity index (χ3n) is 5.42. The topological polar surface area (TPSA) is 86.3 Å². The third kappa shape index (κ3) is 8.97. The Bertz CT molecular complexity index is 859. The van der Waals surface area contributed by atoms with Crippen molar-refractivity contribution in [1.82, 2.24) is 5.32 Å². The summed E-state index contributed by atoms with van der Waals surface area (Å²) in [4.78, 5) is 12.5. The van der Waals surface area contributed by atoms with Crippen LogP contribution in [0.5, 0.6) is 5.75 Å². The van der Waals surface area contributed by atoms with Gasteiger partial charge < -0.3 is 29.4 Å². The van der Waals surface area contributed by atoms with E-state index in [-0.39, 0.29) is 12.9 Å². The molecule has 1 fully saturated rings. The molecular formula is C27H37NO6. The van der Waals surface area contributed by atoms with Crippen molar-refractivity contribution in [1.29, 1.82) is 0 Å². The van der Waals surface area contributed by atoms with Gasteiger partial charge in [-0.15, -0.1) is 0 Å². The fourth-order valence-electron chi connectivity index (χ4n) is 3.73. The van der Waals surface area contributed by atoms with Crippen molar-refractivity contribution in [3.8, 4) is 5.75 Å². The van der Waals surface area contributed by atoms with Crippen molar-refractivity contribution in [3.05, 3.63) is 65.7 Å². The smallest absolute Gasteiger partial charge is 0.407 e. The van der Waals surface area contributed by atoms with E-state index in [4.69, 9.17) is 18.9 Å². The quantitative estimate of drug-likeness (QED) is 0.527. The van der Waals surface area contributed by atoms with E-state index in [1.807, 2.05) is 75.4 Å². The minimum atomic E-state index is -0.635. The van der Waals surface area contributed by atoms with Gasteiger partial charge in [-0.3, -0.25) is 0 Å². The van der Waals surface area contributed by atoms with Crippen molar-refractivity contribution in [2.75, 3.05) is 13.2 Å². The minimum Gasteiger partial charge on any atom is -0.489 e. The third-order valence-corrected chi connectivity index (χ3v) is 5.42.